The number of benzene rings is 1. The van der Waals surface area contributed by atoms with Gasteiger partial charge in [0.2, 0.25) is 0 Å². The van der Waals surface area contributed by atoms with Crippen LogP contribution in [0.2, 0.25) is 0 Å². The molecule has 1 aromatic carbocycles. The van der Waals surface area contributed by atoms with Gasteiger partial charge in [-0.25, -0.2) is 4.98 Å². The molecule has 0 radical (unpaired) electrons. The van der Waals surface area contributed by atoms with Crippen LogP contribution in [0, 0.1) is 0 Å². The maximum Gasteiger partial charge on any atom is 0.251 e. The summed E-state index contributed by atoms with van der Waals surface area (Å²) in [5, 5.41) is 2.85. The van der Waals surface area contributed by atoms with Gasteiger partial charge in [0, 0.05) is 23.9 Å². The van der Waals surface area contributed by atoms with Crippen LogP contribution in [0.4, 0.5) is 0 Å². The Morgan fingerprint density at radius 1 is 1.37 bits per heavy atom. The van der Waals surface area contributed by atoms with Crippen molar-refractivity contribution in [3.05, 3.63) is 58.3 Å². The van der Waals surface area contributed by atoms with Crippen molar-refractivity contribution in [2.45, 2.75) is 6.54 Å². The summed E-state index contributed by atoms with van der Waals surface area (Å²) in [6.45, 7) is 0.419. The molecule has 0 aliphatic rings. The predicted octanol–water partition coefficient (Wildman–Crippen LogP) is 2.78. The monoisotopic (exact) mass is 320 g/mol. The lowest BCUT2D eigenvalue weighted by Crippen LogP contribution is -2.23. The number of ether oxygens (including phenoxy) is 1. The third-order valence-corrected chi connectivity index (χ3v) is 3.05. The van der Waals surface area contributed by atoms with E-state index in [2.05, 4.69) is 26.2 Å². The van der Waals surface area contributed by atoms with Gasteiger partial charge >= 0.3 is 0 Å². The van der Waals surface area contributed by atoms with Crippen LogP contribution in [0.5, 0.6) is 5.75 Å². The number of hydrogen-bond acceptors (Lipinski definition) is 3. The Hall–Kier alpha value is -1.88. The number of nitrogens with zero attached hydrogens (tertiary/aromatic N) is 1. The van der Waals surface area contributed by atoms with Crippen molar-refractivity contribution in [2.75, 3.05) is 7.11 Å². The molecule has 0 fully saturated rings. The summed E-state index contributed by atoms with van der Waals surface area (Å²) in [6, 6.07) is 10.9. The molecule has 4 nitrogen and oxygen atoms in total. The van der Waals surface area contributed by atoms with E-state index in [1.165, 1.54) is 0 Å². The van der Waals surface area contributed by atoms with E-state index in [9.17, 15) is 4.79 Å². The molecule has 1 aromatic heterocycles. The molecule has 2 rings (SSSR count). The highest BCUT2D eigenvalue weighted by Crippen LogP contribution is 2.17. The molecular formula is C14H13BrN2O2. The van der Waals surface area contributed by atoms with E-state index in [1.54, 1.807) is 25.4 Å². The van der Waals surface area contributed by atoms with Crippen molar-refractivity contribution in [1.29, 1.82) is 0 Å². The lowest BCUT2D eigenvalue weighted by Gasteiger charge is -2.09. The van der Waals surface area contributed by atoms with Crippen molar-refractivity contribution in [3.63, 3.8) is 0 Å². The smallest absolute Gasteiger partial charge is 0.251 e. The standard InChI is InChI=1S/C14H13BrN2O2/c1-19-12-5-3-2-4-11(12)9-17-14(18)10-6-7-16-13(15)8-10/h2-8H,9H2,1H3,(H,17,18). The van der Waals surface area contributed by atoms with Crippen LogP contribution in [0.1, 0.15) is 15.9 Å². The van der Waals surface area contributed by atoms with Gasteiger partial charge in [-0.1, -0.05) is 18.2 Å². The van der Waals surface area contributed by atoms with E-state index in [4.69, 9.17) is 4.74 Å². The number of hydrogen-bond donors (Lipinski definition) is 1. The fraction of sp³-hybridized carbons (Fsp3) is 0.143. The molecule has 2 aromatic rings. The Labute approximate surface area is 119 Å². The SMILES string of the molecule is COc1ccccc1CNC(=O)c1ccnc(Br)c1. The number of carbonyl (C=O) groups excluding carboxylic acids is 1. The fourth-order valence-corrected chi connectivity index (χ4v) is 2.04. The van der Waals surface area contributed by atoms with Crippen LogP contribution >= 0.6 is 15.9 Å². The lowest BCUT2D eigenvalue weighted by atomic mass is 10.2. The number of amides is 1. The summed E-state index contributed by atoms with van der Waals surface area (Å²) < 4.78 is 5.87. The molecule has 1 amide bonds. The number of methoxy groups -OCH3 is 1. The van der Waals surface area contributed by atoms with Gasteiger partial charge in [-0.2, -0.15) is 0 Å². The number of nitrogens with one attached hydrogen (secondary N) is 1. The Morgan fingerprint density at radius 3 is 2.89 bits per heavy atom. The maximum atomic E-state index is 12.0. The third-order valence-electron chi connectivity index (χ3n) is 2.62. The van der Waals surface area contributed by atoms with Crippen molar-refractivity contribution < 1.29 is 9.53 Å². The van der Waals surface area contributed by atoms with Gasteiger partial charge in [0.05, 0.1) is 7.11 Å². The maximum absolute atomic E-state index is 12.0. The predicted molar refractivity (Wildman–Crippen MR) is 76.1 cm³/mol. The van der Waals surface area contributed by atoms with Crippen molar-refractivity contribution in [3.8, 4) is 5.75 Å². The number of carbonyl (C=O) groups is 1. The molecule has 0 aliphatic heterocycles. The Balaban J connectivity index is 2.04. The van der Waals surface area contributed by atoms with E-state index in [0.29, 0.717) is 16.7 Å². The summed E-state index contributed by atoms with van der Waals surface area (Å²) in [7, 11) is 1.61. The van der Waals surface area contributed by atoms with E-state index in [-0.39, 0.29) is 5.91 Å². The van der Waals surface area contributed by atoms with Crippen LogP contribution in [-0.4, -0.2) is 18.0 Å². The van der Waals surface area contributed by atoms with Crippen molar-refractivity contribution in [1.82, 2.24) is 10.3 Å². The zero-order valence-electron chi connectivity index (χ0n) is 10.4. The highest BCUT2D eigenvalue weighted by molar-refractivity contribution is 9.10. The average Bonchev–Trinajstić information content (AvgIpc) is 2.45. The molecule has 98 valence electrons. The van der Waals surface area contributed by atoms with Crippen LogP contribution < -0.4 is 10.1 Å². The first-order valence-corrected chi connectivity index (χ1v) is 6.51. The lowest BCUT2D eigenvalue weighted by molar-refractivity contribution is 0.0950. The summed E-state index contributed by atoms with van der Waals surface area (Å²) in [6.07, 6.45) is 1.59. The number of aromatic nitrogens is 1. The van der Waals surface area contributed by atoms with E-state index in [0.717, 1.165) is 11.3 Å². The average molecular weight is 321 g/mol. The van der Waals surface area contributed by atoms with Gasteiger partial charge in [0.25, 0.3) is 5.91 Å². The Bertz CT molecular complexity index is 587. The van der Waals surface area contributed by atoms with Gasteiger partial charge in [0.1, 0.15) is 10.4 Å². The minimum atomic E-state index is -0.144. The third kappa shape index (κ3) is 3.54. The molecule has 1 heterocycles. The highest BCUT2D eigenvalue weighted by atomic mass is 79.9. The molecule has 0 aliphatic carbocycles. The largest absolute Gasteiger partial charge is 0.496 e. The van der Waals surface area contributed by atoms with Gasteiger partial charge in [-0.05, 0) is 34.1 Å². The van der Waals surface area contributed by atoms with Gasteiger partial charge in [0.15, 0.2) is 0 Å². The molecule has 0 bridgehead atoms. The second-order valence-corrected chi connectivity index (χ2v) is 4.67. The summed E-state index contributed by atoms with van der Waals surface area (Å²) in [4.78, 5) is 16.0. The van der Waals surface area contributed by atoms with E-state index < -0.39 is 0 Å². The van der Waals surface area contributed by atoms with Crippen molar-refractivity contribution in [2.24, 2.45) is 0 Å². The van der Waals surface area contributed by atoms with E-state index >= 15 is 0 Å². The molecule has 0 spiro atoms. The second kappa shape index (κ2) is 6.33. The van der Waals surface area contributed by atoms with Crippen LogP contribution in [0.3, 0.4) is 0 Å². The normalized spacial score (nSPS) is 10.0. The number of para-hydroxylation sites is 1. The Kier molecular flexibility index (Phi) is 4.52. The Morgan fingerprint density at radius 2 is 2.16 bits per heavy atom. The van der Waals surface area contributed by atoms with Gasteiger partial charge < -0.3 is 10.1 Å². The van der Waals surface area contributed by atoms with Crippen molar-refractivity contribution >= 4 is 21.8 Å². The summed E-state index contributed by atoms with van der Waals surface area (Å²) in [5.74, 6) is 0.618. The van der Waals surface area contributed by atoms with Crippen LogP contribution in [-0.2, 0) is 6.54 Å². The fourth-order valence-electron chi connectivity index (χ4n) is 1.67. The second-order valence-electron chi connectivity index (χ2n) is 3.86. The molecule has 0 unspecified atom stereocenters. The molecule has 0 saturated heterocycles. The minimum absolute atomic E-state index is 0.144. The first kappa shape index (κ1) is 13.5. The zero-order valence-corrected chi connectivity index (χ0v) is 12.0. The molecule has 1 N–H and O–H groups in total. The van der Waals surface area contributed by atoms with Gasteiger partial charge in [-0.15, -0.1) is 0 Å². The summed E-state index contributed by atoms with van der Waals surface area (Å²) in [5.41, 5.74) is 1.50. The number of rotatable bonds is 4. The van der Waals surface area contributed by atoms with Crippen LogP contribution in [0.25, 0.3) is 0 Å². The first-order chi connectivity index (χ1) is 9.20. The quantitative estimate of drug-likeness (QED) is 0.881. The number of halogens is 1. The summed E-state index contributed by atoms with van der Waals surface area (Å²) >= 11 is 3.24. The molecule has 0 atom stereocenters. The van der Waals surface area contributed by atoms with E-state index in [1.807, 2.05) is 24.3 Å². The molecular weight excluding hydrogens is 308 g/mol. The molecule has 5 heteroatoms. The number of pyridine rings is 1. The first-order valence-electron chi connectivity index (χ1n) is 5.72. The minimum Gasteiger partial charge on any atom is -0.496 e. The van der Waals surface area contributed by atoms with Crippen LogP contribution in [0.15, 0.2) is 47.2 Å². The topological polar surface area (TPSA) is 51.2 Å². The molecule has 19 heavy (non-hydrogen) atoms. The van der Waals surface area contributed by atoms with Gasteiger partial charge in [-0.3, -0.25) is 4.79 Å². The molecule has 0 saturated carbocycles. The highest BCUT2D eigenvalue weighted by Gasteiger charge is 2.07. The zero-order chi connectivity index (χ0) is 13.7.